The van der Waals surface area contributed by atoms with Gasteiger partial charge in [-0.3, -0.25) is 9.78 Å². The van der Waals surface area contributed by atoms with Gasteiger partial charge in [-0.15, -0.1) is 0 Å². The third-order valence-corrected chi connectivity index (χ3v) is 2.52. The van der Waals surface area contributed by atoms with Crippen LogP contribution >= 0.6 is 0 Å². The van der Waals surface area contributed by atoms with Gasteiger partial charge in [-0.2, -0.15) is 0 Å². The van der Waals surface area contributed by atoms with Gasteiger partial charge in [0.2, 0.25) is 5.91 Å². The summed E-state index contributed by atoms with van der Waals surface area (Å²) in [6, 6.07) is 3.90. The molecule has 3 nitrogen and oxygen atoms in total. The highest BCUT2D eigenvalue weighted by atomic mass is 16.1. The van der Waals surface area contributed by atoms with E-state index in [-0.39, 0.29) is 12.3 Å². The van der Waals surface area contributed by atoms with Crippen molar-refractivity contribution in [3.8, 4) is 0 Å². The van der Waals surface area contributed by atoms with Gasteiger partial charge in [-0.25, -0.2) is 0 Å². The van der Waals surface area contributed by atoms with Crippen LogP contribution in [0.5, 0.6) is 0 Å². The third-order valence-electron chi connectivity index (χ3n) is 2.52. The minimum absolute atomic E-state index is 0.274. The first-order valence-electron chi connectivity index (χ1n) is 5.34. The van der Waals surface area contributed by atoms with Crippen LogP contribution in [-0.4, -0.2) is 10.9 Å². The van der Waals surface area contributed by atoms with Crippen LogP contribution in [0.1, 0.15) is 31.5 Å². The maximum Gasteiger partial charge on any atom is 0.221 e. The molecule has 0 saturated heterocycles. The Bertz CT molecular complexity index is 319. The number of carbonyl (C=O) groups excluding carboxylic acids is 1. The van der Waals surface area contributed by atoms with Gasteiger partial charge in [0.05, 0.1) is 6.42 Å². The molecule has 0 spiro atoms. The van der Waals surface area contributed by atoms with Gasteiger partial charge in [0, 0.05) is 11.9 Å². The van der Waals surface area contributed by atoms with Crippen molar-refractivity contribution < 1.29 is 4.79 Å². The molecular weight excluding hydrogens is 188 g/mol. The number of aromatic nitrogens is 1. The van der Waals surface area contributed by atoms with E-state index < -0.39 is 0 Å². The van der Waals surface area contributed by atoms with Crippen molar-refractivity contribution in [2.45, 2.75) is 33.1 Å². The highest BCUT2D eigenvalue weighted by Gasteiger charge is 2.03. The fourth-order valence-corrected chi connectivity index (χ4v) is 1.38. The standard InChI is InChI=1S/C12H18N2O/c1-3-9(2)6-11-5-4-10(8-14-11)7-12(13)15/h4-5,8-9H,3,6-7H2,1-2H3,(H2,13,15). The van der Waals surface area contributed by atoms with E-state index in [9.17, 15) is 4.79 Å². The lowest BCUT2D eigenvalue weighted by molar-refractivity contribution is -0.117. The molecule has 1 rings (SSSR count). The van der Waals surface area contributed by atoms with Gasteiger partial charge in [-0.05, 0) is 24.0 Å². The van der Waals surface area contributed by atoms with Gasteiger partial charge < -0.3 is 5.73 Å². The van der Waals surface area contributed by atoms with Gasteiger partial charge >= 0.3 is 0 Å². The summed E-state index contributed by atoms with van der Waals surface area (Å²) in [5, 5.41) is 0. The van der Waals surface area contributed by atoms with Crippen LogP contribution in [0.3, 0.4) is 0 Å². The molecule has 82 valence electrons. The monoisotopic (exact) mass is 206 g/mol. The van der Waals surface area contributed by atoms with Crippen molar-refractivity contribution >= 4 is 5.91 Å². The Labute approximate surface area is 90.7 Å². The predicted molar refractivity (Wildman–Crippen MR) is 60.3 cm³/mol. The van der Waals surface area contributed by atoms with E-state index in [1.165, 1.54) is 0 Å². The van der Waals surface area contributed by atoms with Gasteiger partial charge in [0.1, 0.15) is 0 Å². The number of nitrogens with zero attached hydrogens (tertiary/aromatic N) is 1. The summed E-state index contributed by atoms with van der Waals surface area (Å²) in [4.78, 5) is 15.0. The first kappa shape index (κ1) is 11.7. The molecule has 1 unspecified atom stereocenters. The van der Waals surface area contributed by atoms with E-state index in [4.69, 9.17) is 5.73 Å². The summed E-state index contributed by atoms with van der Waals surface area (Å²) >= 11 is 0. The number of pyridine rings is 1. The molecule has 1 heterocycles. The molecule has 0 saturated carbocycles. The molecule has 0 aromatic carbocycles. The molecule has 1 amide bonds. The second kappa shape index (κ2) is 5.49. The summed E-state index contributed by atoms with van der Waals surface area (Å²) in [5.41, 5.74) is 7.06. The summed E-state index contributed by atoms with van der Waals surface area (Å²) in [6.45, 7) is 4.38. The molecule has 0 aliphatic carbocycles. The zero-order chi connectivity index (χ0) is 11.3. The summed E-state index contributed by atoms with van der Waals surface area (Å²) < 4.78 is 0. The van der Waals surface area contributed by atoms with Crippen LogP contribution in [-0.2, 0) is 17.6 Å². The smallest absolute Gasteiger partial charge is 0.221 e. The Morgan fingerprint density at radius 3 is 2.73 bits per heavy atom. The van der Waals surface area contributed by atoms with E-state index in [2.05, 4.69) is 18.8 Å². The molecule has 1 atom stereocenters. The molecule has 1 aromatic heterocycles. The largest absolute Gasteiger partial charge is 0.369 e. The zero-order valence-corrected chi connectivity index (χ0v) is 9.36. The molecule has 3 heteroatoms. The maximum absolute atomic E-state index is 10.7. The van der Waals surface area contributed by atoms with E-state index >= 15 is 0 Å². The van der Waals surface area contributed by atoms with Crippen LogP contribution in [0.4, 0.5) is 0 Å². The molecule has 0 aliphatic rings. The van der Waals surface area contributed by atoms with Crippen LogP contribution < -0.4 is 5.73 Å². The average Bonchev–Trinajstić information content (AvgIpc) is 2.20. The number of hydrogen-bond acceptors (Lipinski definition) is 2. The number of primary amides is 1. The summed E-state index contributed by atoms with van der Waals surface area (Å²) in [6.07, 6.45) is 4.16. The quantitative estimate of drug-likeness (QED) is 0.797. The van der Waals surface area contributed by atoms with Crippen molar-refractivity contribution in [1.29, 1.82) is 0 Å². The highest BCUT2D eigenvalue weighted by Crippen LogP contribution is 2.10. The van der Waals surface area contributed by atoms with Crippen LogP contribution in [0.2, 0.25) is 0 Å². The molecule has 0 fully saturated rings. The maximum atomic E-state index is 10.7. The van der Waals surface area contributed by atoms with E-state index in [0.717, 1.165) is 24.1 Å². The fourth-order valence-electron chi connectivity index (χ4n) is 1.38. The SMILES string of the molecule is CCC(C)Cc1ccc(CC(N)=O)cn1. The summed E-state index contributed by atoms with van der Waals surface area (Å²) in [7, 11) is 0. The Balaban J connectivity index is 2.60. The second-order valence-electron chi connectivity index (χ2n) is 4.02. The first-order valence-corrected chi connectivity index (χ1v) is 5.34. The van der Waals surface area contributed by atoms with E-state index in [1.807, 2.05) is 12.1 Å². The van der Waals surface area contributed by atoms with Crippen molar-refractivity contribution in [2.75, 3.05) is 0 Å². The zero-order valence-electron chi connectivity index (χ0n) is 9.36. The Kier molecular flexibility index (Phi) is 4.28. The Morgan fingerprint density at radius 1 is 1.53 bits per heavy atom. The molecule has 0 bridgehead atoms. The normalized spacial score (nSPS) is 12.4. The van der Waals surface area contributed by atoms with Gasteiger partial charge in [0.15, 0.2) is 0 Å². The Morgan fingerprint density at radius 2 is 2.27 bits per heavy atom. The van der Waals surface area contributed by atoms with Crippen LogP contribution in [0, 0.1) is 5.92 Å². The van der Waals surface area contributed by atoms with Gasteiger partial charge in [0.25, 0.3) is 0 Å². The second-order valence-corrected chi connectivity index (χ2v) is 4.02. The first-order chi connectivity index (χ1) is 7.11. The third kappa shape index (κ3) is 4.11. The average molecular weight is 206 g/mol. The lowest BCUT2D eigenvalue weighted by atomic mass is 10.0. The summed E-state index contributed by atoms with van der Waals surface area (Å²) in [5.74, 6) is 0.339. The van der Waals surface area contributed by atoms with Crippen LogP contribution in [0.25, 0.3) is 0 Å². The molecule has 2 N–H and O–H groups in total. The number of rotatable bonds is 5. The number of nitrogens with two attached hydrogens (primary N) is 1. The minimum atomic E-state index is -0.313. The highest BCUT2D eigenvalue weighted by molar-refractivity contribution is 5.76. The number of hydrogen-bond donors (Lipinski definition) is 1. The molecule has 0 aliphatic heterocycles. The number of carbonyl (C=O) groups is 1. The number of amides is 1. The lowest BCUT2D eigenvalue weighted by Crippen LogP contribution is -2.13. The van der Waals surface area contributed by atoms with Crippen molar-refractivity contribution in [2.24, 2.45) is 11.7 Å². The van der Waals surface area contributed by atoms with Crippen molar-refractivity contribution in [1.82, 2.24) is 4.98 Å². The lowest BCUT2D eigenvalue weighted by Gasteiger charge is -2.07. The topological polar surface area (TPSA) is 56.0 Å². The van der Waals surface area contributed by atoms with E-state index in [1.54, 1.807) is 6.20 Å². The van der Waals surface area contributed by atoms with Crippen molar-refractivity contribution in [3.63, 3.8) is 0 Å². The van der Waals surface area contributed by atoms with E-state index in [0.29, 0.717) is 5.92 Å². The molecule has 0 radical (unpaired) electrons. The van der Waals surface area contributed by atoms with Crippen LogP contribution in [0.15, 0.2) is 18.3 Å². The van der Waals surface area contributed by atoms with Crippen molar-refractivity contribution in [3.05, 3.63) is 29.6 Å². The minimum Gasteiger partial charge on any atom is -0.369 e. The fraction of sp³-hybridized carbons (Fsp3) is 0.500. The molecular formula is C12H18N2O. The molecule has 15 heavy (non-hydrogen) atoms. The van der Waals surface area contributed by atoms with Gasteiger partial charge in [-0.1, -0.05) is 26.3 Å². The molecule has 1 aromatic rings. The Hall–Kier alpha value is -1.38. The predicted octanol–water partition coefficient (Wildman–Crippen LogP) is 1.70.